The standard InChI is InChI=1S/C13H16N2O2/c1-3-11(14)13-8-12(15-17-13)9-5-4-6-10(7-9)16-2/h4-8,11H,3,14H2,1-2H3. The number of nitrogens with zero attached hydrogens (tertiary/aromatic N) is 1. The van der Waals surface area contributed by atoms with Gasteiger partial charge in [-0.2, -0.15) is 0 Å². The molecule has 1 heterocycles. The summed E-state index contributed by atoms with van der Waals surface area (Å²) in [6, 6.07) is 9.47. The van der Waals surface area contributed by atoms with Gasteiger partial charge < -0.3 is 15.0 Å². The fourth-order valence-electron chi connectivity index (χ4n) is 1.58. The monoisotopic (exact) mass is 232 g/mol. The molecule has 0 aliphatic heterocycles. The average Bonchev–Trinajstić information content (AvgIpc) is 2.87. The van der Waals surface area contributed by atoms with Crippen LogP contribution in [0.3, 0.4) is 0 Å². The summed E-state index contributed by atoms with van der Waals surface area (Å²) in [4.78, 5) is 0. The average molecular weight is 232 g/mol. The molecule has 2 aromatic rings. The molecule has 0 aliphatic rings. The Labute approximate surface area is 100 Å². The van der Waals surface area contributed by atoms with E-state index in [4.69, 9.17) is 15.0 Å². The lowest BCUT2D eigenvalue weighted by Crippen LogP contribution is -2.06. The summed E-state index contributed by atoms with van der Waals surface area (Å²) in [5.41, 5.74) is 7.62. The summed E-state index contributed by atoms with van der Waals surface area (Å²) >= 11 is 0. The van der Waals surface area contributed by atoms with Crippen LogP contribution >= 0.6 is 0 Å². The van der Waals surface area contributed by atoms with Gasteiger partial charge in [0.25, 0.3) is 0 Å². The molecule has 1 atom stereocenters. The SMILES string of the molecule is CCC(N)c1cc(-c2cccc(OC)c2)no1. The van der Waals surface area contributed by atoms with Crippen LogP contribution in [0.5, 0.6) is 5.75 Å². The van der Waals surface area contributed by atoms with Crippen LogP contribution in [-0.4, -0.2) is 12.3 Å². The van der Waals surface area contributed by atoms with Gasteiger partial charge >= 0.3 is 0 Å². The Hall–Kier alpha value is -1.81. The lowest BCUT2D eigenvalue weighted by Gasteiger charge is -2.01. The predicted molar refractivity (Wildman–Crippen MR) is 65.7 cm³/mol. The number of hydrogen-bond donors (Lipinski definition) is 1. The van der Waals surface area contributed by atoms with Crippen LogP contribution < -0.4 is 10.5 Å². The van der Waals surface area contributed by atoms with E-state index in [1.807, 2.05) is 37.3 Å². The molecular weight excluding hydrogens is 216 g/mol. The van der Waals surface area contributed by atoms with Crippen molar-refractivity contribution in [3.63, 3.8) is 0 Å². The smallest absolute Gasteiger partial charge is 0.154 e. The van der Waals surface area contributed by atoms with Crippen molar-refractivity contribution >= 4 is 0 Å². The first-order valence-electron chi connectivity index (χ1n) is 5.61. The fourth-order valence-corrected chi connectivity index (χ4v) is 1.58. The van der Waals surface area contributed by atoms with Gasteiger partial charge in [-0.15, -0.1) is 0 Å². The van der Waals surface area contributed by atoms with E-state index < -0.39 is 0 Å². The Balaban J connectivity index is 2.30. The van der Waals surface area contributed by atoms with Crippen LogP contribution in [0.2, 0.25) is 0 Å². The summed E-state index contributed by atoms with van der Waals surface area (Å²) in [5, 5.41) is 4.02. The maximum absolute atomic E-state index is 5.88. The molecule has 1 aromatic heterocycles. The maximum Gasteiger partial charge on any atom is 0.154 e. The summed E-state index contributed by atoms with van der Waals surface area (Å²) in [5.74, 6) is 1.51. The molecular formula is C13H16N2O2. The van der Waals surface area contributed by atoms with E-state index >= 15 is 0 Å². The van der Waals surface area contributed by atoms with Gasteiger partial charge in [0.2, 0.25) is 0 Å². The summed E-state index contributed by atoms with van der Waals surface area (Å²) < 4.78 is 10.4. The van der Waals surface area contributed by atoms with E-state index in [0.29, 0.717) is 5.76 Å². The summed E-state index contributed by atoms with van der Waals surface area (Å²) in [7, 11) is 1.64. The minimum atomic E-state index is -0.0955. The fraction of sp³-hybridized carbons (Fsp3) is 0.308. The van der Waals surface area contributed by atoms with Crippen LogP contribution in [0.1, 0.15) is 25.1 Å². The van der Waals surface area contributed by atoms with E-state index in [1.165, 1.54) is 0 Å². The topological polar surface area (TPSA) is 61.3 Å². The van der Waals surface area contributed by atoms with Gasteiger partial charge in [0.1, 0.15) is 11.4 Å². The van der Waals surface area contributed by atoms with Crippen molar-refractivity contribution in [2.24, 2.45) is 5.73 Å². The molecule has 0 bridgehead atoms. The minimum absolute atomic E-state index is 0.0955. The maximum atomic E-state index is 5.88. The lowest BCUT2D eigenvalue weighted by atomic mass is 10.1. The van der Waals surface area contributed by atoms with E-state index in [9.17, 15) is 0 Å². The van der Waals surface area contributed by atoms with E-state index in [1.54, 1.807) is 7.11 Å². The van der Waals surface area contributed by atoms with Gasteiger partial charge in [-0.1, -0.05) is 24.2 Å². The summed E-state index contributed by atoms with van der Waals surface area (Å²) in [6.45, 7) is 2.01. The molecule has 4 nitrogen and oxygen atoms in total. The molecule has 4 heteroatoms. The third-order valence-electron chi connectivity index (χ3n) is 2.70. The number of methoxy groups -OCH3 is 1. The number of rotatable bonds is 4. The number of nitrogens with two attached hydrogens (primary N) is 1. The quantitative estimate of drug-likeness (QED) is 0.880. The Morgan fingerprint density at radius 2 is 2.24 bits per heavy atom. The first-order chi connectivity index (χ1) is 8.24. The molecule has 17 heavy (non-hydrogen) atoms. The normalized spacial score (nSPS) is 12.4. The third-order valence-corrected chi connectivity index (χ3v) is 2.70. The van der Waals surface area contributed by atoms with Crippen molar-refractivity contribution in [1.82, 2.24) is 5.16 Å². The van der Waals surface area contributed by atoms with Gasteiger partial charge in [0.15, 0.2) is 5.76 Å². The molecule has 0 fully saturated rings. The van der Waals surface area contributed by atoms with E-state index in [-0.39, 0.29) is 6.04 Å². The molecule has 2 rings (SSSR count). The second-order valence-corrected chi connectivity index (χ2v) is 3.86. The Morgan fingerprint density at radius 1 is 1.41 bits per heavy atom. The first kappa shape index (κ1) is 11.7. The first-order valence-corrected chi connectivity index (χ1v) is 5.61. The number of aromatic nitrogens is 1. The van der Waals surface area contributed by atoms with Gasteiger partial charge in [-0.3, -0.25) is 0 Å². The van der Waals surface area contributed by atoms with E-state index in [0.717, 1.165) is 23.4 Å². The van der Waals surface area contributed by atoms with Gasteiger partial charge in [0.05, 0.1) is 13.2 Å². The molecule has 0 aliphatic carbocycles. The molecule has 0 saturated heterocycles. The Kier molecular flexibility index (Phi) is 3.44. The second-order valence-electron chi connectivity index (χ2n) is 3.86. The van der Waals surface area contributed by atoms with Crippen LogP contribution in [0.15, 0.2) is 34.9 Å². The highest BCUT2D eigenvalue weighted by Crippen LogP contribution is 2.25. The molecule has 0 saturated carbocycles. The van der Waals surface area contributed by atoms with Gasteiger partial charge in [0, 0.05) is 11.6 Å². The minimum Gasteiger partial charge on any atom is -0.497 e. The Morgan fingerprint density at radius 3 is 2.94 bits per heavy atom. The predicted octanol–water partition coefficient (Wildman–Crippen LogP) is 2.76. The van der Waals surface area contributed by atoms with Crippen molar-refractivity contribution in [3.05, 3.63) is 36.1 Å². The molecule has 90 valence electrons. The highest BCUT2D eigenvalue weighted by Gasteiger charge is 2.12. The zero-order chi connectivity index (χ0) is 12.3. The van der Waals surface area contributed by atoms with E-state index in [2.05, 4.69) is 5.16 Å². The number of ether oxygens (including phenoxy) is 1. The van der Waals surface area contributed by atoms with Crippen LogP contribution in [0, 0.1) is 0 Å². The Bertz CT molecular complexity index is 494. The highest BCUT2D eigenvalue weighted by atomic mass is 16.5. The molecule has 0 radical (unpaired) electrons. The van der Waals surface area contributed by atoms with Crippen molar-refractivity contribution in [1.29, 1.82) is 0 Å². The van der Waals surface area contributed by atoms with Crippen molar-refractivity contribution in [3.8, 4) is 17.0 Å². The van der Waals surface area contributed by atoms with Crippen LogP contribution in [-0.2, 0) is 0 Å². The molecule has 1 aromatic carbocycles. The van der Waals surface area contributed by atoms with Crippen LogP contribution in [0.4, 0.5) is 0 Å². The molecule has 2 N–H and O–H groups in total. The molecule has 0 spiro atoms. The largest absolute Gasteiger partial charge is 0.497 e. The van der Waals surface area contributed by atoms with Gasteiger partial charge in [-0.05, 0) is 18.6 Å². The van der Waals surface area contributed by atoms with Crippen molar-refractivity contribution in [2.75, 3.05) is 7.11 Å². The second kappa shape index (κ2) is 5.01. The zero-order valence-electron chi connectivity index (χ0n) is 10.0. The highest BCUT2D eigenvalue weighted by molar-refractivity contribution is 5.61. The number of hydrogen-bond acceptors (Lipinski definition) is 4. The summed E-state index contributed by atoms with van der Waals surface area (Å²) in [6.07, 6.45) is 0.826. The zero-order valence-corrected chi connectivity index (χ0v) is 10.0. The number of benzene rings is 1. The van der Waals surface area contributed by atoms with Crippen molar-refractivity contribution in [2.45, 2.75) is 19.4 Å². The molecule has 1 unspecified atom stereocenters. The van der Waals surface area contributed by atoms with Crippen molar-refractivity contribution < 1.29 is 9.26 Å². The van der Waals surface area contributed by atoms with Crippen LogP contribution in [0.25, 0.3) is 11.3 Å². The lowest BCUT2D eigenvalue weighted by molar-refractivity contribution is 0.360. The van der Waals surface area contributed by atoms with Gasteiger partial charge in [-0.25, -0.2) is 0 Å². The third kappa shape index (κ3) is 2.47. The molecule has 0 amide bonds.